The van der Waals surface area contributed by atoms with E-state index in [1.807, 2.05) is 0 Å². The molecule has 0 atom stereocenters. The first-order valence-corrected chi connectivity index (χ1v) is 12.9. The monoisotopic (exact) mass is 542 g/mol. The molecule has 0 radical (unpaired) electrons. The van der Waals surface area contributed by atoms with Crippen LogP contribution in [0.5, 0.6) is 5.88 Å². The molecule has 200 valence electrons. The van der Waals surface area contributed by atoms with E-state index in [2.05, 4.69) is 24.5 Å². The summed E-state index contributed by atoms with van der Waals surface area (Å²) in [5.74, 6) is -1.53. The van der Waals surface area contributed by atoms with Crippen LogP contribution >= 0.6 is 0 Å². The summed E-state index contributed by atoms with van der Waals surface area (Å²) in [7, 11) is -4.13. The predicted molar refractivity (Wildman–Crippen MR) is 126 cm³/mol. The molecule has 0 amide bonds. The second-order valence-corrected chi connectivity index (χ2v) is 11.5. The molecule has 0 bridgehead atoms. The van der Waals surface area contributed by atoms with Gasteiger partial charge in [0.1, 0.15) is 0 Å². The van der Waals surface area contributed by atoms with E-state index in [1.165, 1.54) is 18.3 Å². The van der Waals surface area contributed by atoms with Gasteiger partial charge in [-0.2, -0.15) is 17.6 Å². The maximum absolute atomic E-state index is 14.7. The second kappa shape index (κ2) is 9.93. The molecule has 0 unspecified atom stereocenters. The Morgan fingerprint density at radius 3 is 2.51 bits per heavy atom. The zero-order valence-electron chi connectivity index (χ0n) is 20.4. The number of ether oxygens (including phenoxy) is 1. The predicted octanol–water partition coefficient (Wildman–Crippen LogP) is 4.81. The van der Waals surface area contributed by atoms with Gasteiger partial charge in [-0.15, -0.1) is 0 Å². The van der Waals surface area contributed by atoms with Crippen LogP contribution in [-0.4, -0.2) is 42.8 Å². The number of nitrogens with one attached hydrogen (secondary N) is 1. The van der Waals surface area contributed by atoms with E-state index < -0.39 is 39.9 Å². The molecule has 8 nitrogen and oxygen atoms in total. The first-order chi connectivity index (χ1) is 17.2. The summed E-state index contributed by atoms with van der Waals surface area (Å²) in [6.45, 7) is 5.34. The maximum Gasteiger partial charge on any atom is 0.422 e. The van der Waals surface area contributed by atoms with Crippen molar-refractivity contribution in [2.45, 2.75) is 56.8 Å². The normalized spacial score (nSPS) is 14.9. The minimum Gasteiger partial charge on any atom is -0.468 e. The third-order valence-electron chi connectivity index (χ3n) is 5.71. The van der Waals surface area contributed by atoms with Crippen LogP contribution in [0.3, 0.4) is 0 Å². The summed E-state index contributed by atoms with van der Waals surface area (Å²) >= 11 is 0. The van der Waals surface area contributed by atoms with Gasteiger partial charge in [0.25, 0.3) is 10.0 Å². The Morgan fingerprint density at radius 1 is 1.14 bits per heavy atom. The SMILES string of the molecule is CC(C)(C)c1onc(NS(=O)(=O)c2ccc3c(c2)CN(Cc2ccc(OCC(F)(F)F)nc2)CC3)c1F. The van der Waals surface area contributed by atoms with Crippen LogP contribution < -0.4 is 9.46 Å². The van der Waals surface area contributed by atoms with Crippen molar-refractivity contribution in [1.29, 1.82) is 0 Å². The molecular weight excluding hydrogens is 516 g/mol. The van der Waals surface area contributed by atoms with E-state index in [4.69, 9.17) is 4.52 Å². The molecular formula is C24H26F4N4O4S. The van der Waals surface area contributed by atoms with Crippen LogP contribution in [0.1, 0.15) is 43.2 Å². The number of nitrogens with zero attached hydrogens (tertiary/aromatic N) is 3. The zero-order chi connectivity index (χ0) is 27.0. The Hall–Kier alpha value is -3.19. The number of halogens is 4. The lowest BCUT2D eigenvalue weighted by atomic mass is 9.93. The van der Waals surface area contributed by atoms with Crippen LogP contribution in [0.2, 0.25) is 0 Å². The van der Waals surface area contributed by atoms with Gasteiger partial charge in [-0.1, -0.05) is 38.1 Å². The van der Waals surface area contributed by atoms with Gasteiger partial charge in [0.05, 0.1) is 4.90 Å². The lowest BCUT2D eigenvalue weighted by molar-refractivity contribution is -0.154. The molecule has 3 aromatic rings. The molecule has 3 heterocycles. The topological polar surface area (TPSA) is 97.6 Å². The minimum absolute atomic E-state index is 0.0411. The highest BCUT2D eigenvalue weighted by atomic mass is 32.2. The summed E-state index contributed by atoms with van der Waals surface area (Å²) in [5, 5.41) is 3.55. The fraction of sp³-hybridized carbons (Fsp3) is 0.417. The molecule has 0 spiro atoms. The second-order valence-electron chi connectivity index (χ2n) is 9.83. The molecule has 1 aliphatic heterocycles. The van der Waals surface area contributed by atoms with Crippen molar-refractivity contribution < 1.29 is 35.2 Å². The van der Waals surface area contributed by atoms with Crippen molar-refractivity contribution in [2.75, 3.05) is 17.9 Å². The Bertz CT molecular complexity index is 1370. The van der Waals surface area contributed by atoms with Crippen molar-refractivity contribution >= 4 is 15.8 Å². The molecule has 2 aromatic heterocycles. The number of pyridine rings is 1. The Kier molecular flexibility index (Phi) is 7.21. The van der Waals surface area contributed by atoms with Gasteiger partial charge in [-0.25, -0.2) is 13.4 Å². The summed E-state index contributed by atoms with van der Waals surface area (Å²) in [4.78, 5) is 5.94. The fourth-order valence-electron chi connectivity index (χ4n) is 3.89. The number of anilines is 1. The smallest absolute Gasteiger partial charge is 0.422 e. The number of benzene rings is 1. The van der Waals surface area contributed by atoms with Gasteiger partial charge in [0.2, 0.25) is 17.5 Å². The van der Waals surface area contributed by atoms with Crippen molar-refractivity contribution in [1.82, 2.24) is 15.0 Å². The molecule has 4 rings (SSSR count). The van der Waals surface area contributed by atoms with E-state index in [9.17, 15) is 26.0 Å². The van der Waals surface area contributed by atoms with E-state index >= 15 is 0 Å². The number of fused-ring (bicyclic) bond motifs is 1. The molecule has 0 saturated heterocycles. The third kappa shape index (κ3) is 6.58. The Balaban J connectivity index is 1.44. The molecule has 0 saturated carbocycles. The lowest BCUT2D eigenvalue weighted by Gasteiger charge is -2.29. The standard InChI is InChI=1S/C24H26F4N4O4S/c1-23(2,3)21-20(25)22(30-36-21)31-37(33,34)18-6-5-16-8-9-32(13-17(16)10-18)12-15-4-7-19(29-11-15)35-14-24(26,27)28/h4-7,10-11H,8-9,12-14H2,1-3H3,(H,30,31). The van der Waals surface area contributed by atoms with Crippen molar-refractivity contribution in [3.8, 4) is 5.88 Å². The minimum atomic E-state index is -4.44. The van der Waals surface area contributed by atoms with E-state index in [-0.39, 0.29) is 16.5 Å². The average Bonchev–Trinajstić information content (AvgIpc) is 3.17. The van der Waals surface area contributed by atoms with Gasteiger partial charge in [0, 0.05) is 37.3 Å². The molecule has 1 N–H and O–H groups in total. The quantitative estimate of drug-likeness (QED) is 0.428. The molecule has 1 aromatic carbocycles. The van der Waals surface area contributed by atoms with Crippen molar-refractivity contribution in [2.24, 2.45) is 0 Å². The molecule has 13 heteroatoms. The zero-order valence-corrected chi connectivity index (χ0v) is 21.2. The summed E-state index contributed by atoms with van der Waals surface area (Å²) in [5.41, 5.74) is 1.86. The first-order valence-electron chi connectivity index (χ1n) is 11.4. The first kappa shape index (κ1) is 26.9. The average molecular weight is 543 g/mol. The Morgan fingerprint density at radius 2 is 1.89 bits per heavy atom. The molecule has 0 fully saturated rings. The van der Waals surface area contributed by atoms with Gasteiger partial charge >= 0.3 is 6.18 Å². The van der Waals surface area contributed by atoms with E-state index in [0.29, 0.717) is 26.1 Å². The van der Waals surface area contributed by atoms with Crippen LogP contribution in [0, 0.1) is 5.82 Å². The number of hydrogen-bond acceptors (Lipinski definition) is 7. The van der Waals surface area contributed by atoms with Crippen LogP contribution in [0.4, 0.5) is 23.4 Å². The summed E-state index contributed by atoms with van der Waals surface area (Å²) in [6.07, 6.45) is -2.32. The van der Waals surface area contributed by atoms with Gasteiger partial charge in [0.15, 0.2) is 12.4 Å². The van der Waals surface area contributed by atoms with E-state index in [0.717, 1.165) is 16.7 Å². The van der Waals surface area contributed by atoms with Crippen LogP contribution in [-0.2, 0) is 34.9 Å². The van der Waals surface area contributed by atoms with Crippen LogP contribution in [0.15, 0.2) is 45.9 Å². The number of hydrogen-bond donors (Lipinski definition) is 1. The lowest BCUT2D eigenvalue weighted by Crippen LogP contribution is -2.30. The molecule has 0 aliphatic carbocycles. The fourth-order valence-corrected chi connectivity index (χ4v) is 4.94. The Labute approximate surface area is 211 Å². The largest absolute Gasteiger partial charge is 0.468 e. The maximum atomic E-state index is 14.7. The highest BCUT2D eigenvalue weighted by molar-refractivity contribution is 7.92. The number of aromatic nitrogens is 2. The highest BCUT2D eigenvalue weighted by Crippen LogP contribution is 2.31. The molecule has 1 aliphatic rings. The van der Waals surface area contributed by atoms with Crippen molar-refractivity contribution in [3.63, 3.8) is 0 Å². The highest BCUT2D eigenvalue weighted by Gasteiger charge is 2.30. The van der Waals surface area contributed by atoms with Gasteiger partial charge in [-0.05, 0) is 35.2 Å². The van der Waals surface area contributed by atoms with Crippen molar-refractivity contribution in [3.05, 3.63) is 64.8 Å². The number of sulfonamides is 1. The number of alkyl halides is 3. The van der Waals surface area contributed by atoms with E-state index in [1.54, 1.807) is 39.0 Å². The van der Waals surface area contributed by atoms with Gasteiger partial charge < -0.3 is 9.26 Å². The summed E-state index contributed by atoms with van der Waals surface area (Å²) in [6, 6.07) is 7.75. The van der Waals surface area contributed by atoms with Gasteiger partial charge in [-0.3, -0.25) is 9.62 Å². The van der Waals surface area contributed by atoms with Crippen LogP contribution in [0.25, 0.3) is 0 Å². The third-order valence-corrected chi connectivity index (χ3v) is 7.05. The summed E-state index contributed by atoms with van der Waals surface area (Å²) < 4.78 is 89.3. The number of rotatable bonds is 7. The molecule has 37 heavy (non-hydrogen) atoms.